The second-order valence-corrected chi connectivity index (χ2v) is 9.80. The molecule has 0 saturated heterocycles. The van der Waals surface area contributed by atoms with E-state index in [1.54, 1.807) is 0 Å². The number of hydrogen-bond donors (Lipinski definition) is 0. The van der Waals surface area contributed by atoms with Gasteiger partial charge in [-0.3, -0.25) is 4.84 Å². The molecule has 0 unspecified atom stereocenters. The molecule has 0 atom stereocenters. The molecule has 0 amide bonds. The average Bonchev–Trinajstić information content (AvgIpc) is 3.10. The molecule has 0 bridgehead atoms. The predicted molar refractivity (Wildman–Crippen MR) is 123 cm³/mol. The number of alkyl halides is 6. The van der Waals surface area contributed by atoms with E-state index >= 15 is 0 Å². The van der Waals surface area contributed by atoms with E-state index in [2.05, 4.69) is 10.3 Å². The van der Waals surface area contributed by atoms with Crippen LogP contribution in [0.5, 0.6) is 0 Å². The zero-order valence-electron chi connectivity index (χ0n) is 16.2. The van der Waals surface area contributed by atoms with Crippen LogP contribution in [0.3, 0.4) is 0 Å². The zero-order chi connectivity index (χ0) is 21.9. The Morgan fingerprint density at radius 1 is 0.897 bits per heavy atom. The molecule has 6 nitrogen and oxygen atoms in total. The summed E-state index contributed by atoms with van der Waals surface area (Å²) in [6.07, 6.45) is 0. The van der Waals surface area contributed by atoms with Crippen LogP contribution in [0.1, 0.15) is 0 Å². The molecule has 1 aliphatic carbocycles. The Bertz CT molecular complexity index is 784. The maximum atomic E-state index is 5.88. The molecule has 1 aliphatic rings. The average molecular weight is 525 g/mol. The van der Waals surface area contributed by atoms with Gasteiger partial charge in [-0.05, 0) is 17.3 Å². The first-order valence-corrected chi connectivity index (χ1v) is 11.2. The van der Waals surface area contributed by atoms with Crippen LogP contribution < -0.4 is 4.84 Å². The summed E-state index contributed by atoms with van der Waals surface area (Å²) >= 11 is 35.3. The number of halogens is 6. The van der Waals surface area contributed by atoms with Gasteiger partial charge >= 0.3 is 6.02 Å². The van der Waals surface area contributed by atoms with Crippen LogP contribution >= 0.6 is 69.6 Å². The van der Waals surface area contributed by atoms with Gasteiger partial charge in [-0.1, -0.05) is 17.0 Å². The smallest absolute Gasteiger partial charge is 0.278 e. The van der Waals surface area contributed by atoms with Gasteiger partial charge in [-0.15, -0.1) is 74.7 Å². The van der Waals surface area contributed by atoms with E-state index < -0.39 is 32.3 Å². The standard InChI is InChI=1S/C11H16N5O.C6H6Cl6/c1-14(2)11(15(3)4)17-16-10-8-6-5-7-9(10)12-13-16;7-1-2(8)4(10)6(12)5(11)3(1)9/h5-8H,1-4H3;1-6H/q+1;/t;1-,2-,3-,4+,5+,6+. The monoisotopic (exact) mass is 522 g/mol. The van der Waals surface area contributed by atoms with Gasteiger partial charge in [-0.2, -0.15) is 0 Å². The van der Waals surface area contributed by atoms with Crippen molar-refractivity contribution in [2.75, 3.05) is 28.2 Å². The fraction of sp³-hybridized carbons (Fsp3) is 0.588. The molecule has 162 valence electrons. The summed E-state index contributed by atoms with van der Waals surface area (Å²) in [4.78, 5) is 8.99. The first kappa shape index (κ1) is 24.9. The molecule has 2 aromatic rings. The van der Waals surface area contributed by atoms with Gasteiger partial charge < -0.3 is 0 Å². The minimum absolute atomic E-state index is 0.437. The van der Waals surface area contributed by atoms with E-state index in [1.807, 2.05) is 61.9 Å². The van der Waals surface area contributed by atoms with Crippen molar-refractivity contribution in [1.82, 2.24) is 20.1 Å². The summed E-state index contributed by atoms with van der Waals surface area (Å²) in [5, 5.41) is 5.38. The molecule has 1 aromatic carbocycles. The number of aromatic nitrogens is 3. The van der Waals surface area contributed by atoms with Gasteiger partial charge in [0.1, 0.15) is 11.0 Å². The van der Waals surface area contributed by atoms with Crippen LogP contribution in [0, 0.1) is 0 Å². The maximum absolute atomic E-state index is 5.88. The normalized spacial score (nSPS) is 29.0. The molecule has 3 rings (SSSR count). The minimum atomic E-state index is -0.437. The summed E-state index contributed by atoms with van der Waals surface area (Å²) in [7, 11) is 7.64. The van der Waals surface area contributed by atoms with Crippen molar-refractivity contribution < 1.29 is 9.41 Å². The largest absolute Gasteiger partial charge is 0.471 e. The van der Waals surface area contributed by atoms with E-state index in [0.29, 0.717) is 6.02 Å². The van der Waals surface area contributed by atoms with Crippen molar-refractivity contribution in [2.45, 2.75) is 32.3 Å². The lowest BCUT2D eigenvalue weighted by Crippen LogP contribution is -2.52. The fourth-order valence-corrected chi connectivity index (χ4v) is 4.94. The summed E-state index contributed by atoms with van der Waals surface area (Å²) in [5.41, 5.74) is 1.65. The van der Waals surface area contributed by atoms with Crippen molar-refractivity contribution in [3.05, 3.63) is 24.3 Å². The van der Waals surface area contributed by atoms with Gasteiger partial charge in [0, 0.05) is 0 Å². The summed E-state index contributed by atoms with van der Waals surface area (Å²) in [6.45, 7) is 0. The lowest BCUT2D eigenvalue weighted by Gasteiger charge is -2.37. The summed E-state index contributed by atoms with van der Waals surface area (Å²) in [6, 6.07) is 8.34. The molecule has 0 aliphatic heterocycles. The summed E-state index contributed by atoms with van der Waals surface area (Å²) < 4.78 is 1.87. The quantitative estimate of drug-likeness (QED) is 0.247. The number of rotatable bonds is 1. The molecule has 12 heteroatoms. The van der Waals surface area contributed by atoms with Gasteiger partial charge in [0.2, 0.25) is 0 Å². The fourth-order valence-electron chi connectivity index (χ4n) is 2.61. The van der Waals surface area contributed by atoms with Crippen LogP contribution in [0.4, 0.5) is 0 Å². The number of para-hydroxylation sites is 1. The number of nitrogens with zero attached hydrogens (tertiary/aromatic N) is 5. The minimum Gasteiger partial charge on any atom is -0.278 e. The molecular formula is C17H22Cl6N5O+. The second-order valence-electron chi connectivity index (χ2n) is 6.78. The molecule has 1 fully saturated rings. The number of hydrogen-bond acceptors (Lipinski definition) is 3. The Kier molecular flexibility index (Phi) is 9.26. The SMILES string of the molecule is CN(C)C(On1nnc2ccccc21)=[N+](C)C.Cl[C@H]1[C@H](Cl)[C@@H](Cl)[C@@H](Cl)[C@H](Cl)[C@H]1Cl. The highest BCUT2D eigenvalue weighted by Gasteiger charge is 2.46. The van der Waals surface area contributed by atoms with E-state index in [1.165, 1.54) is 4.85 Å². The van der Waals surface area contributed by atoms with Gasteiger partial charge in [-0.25, -0.2) is 9.48 Å². The maximum Gasteiger partial charge on any atom is 0.471 e. The van der Waals surface area contributed by atoms with Crippen molar-refractivity contribution in [3.8, 4) is 0 Å². The molecule has 1 aromatic heterocycles. The van der Waals surface area contributed by atoms with Gasteiger partial charge in [0.25, 0.3) is 0 Å². The molecule has 1 heterocycles. The summed E-state index contributed by atoms with van der Waals surface area (Å²) in [5.74, 6) is 0. The van der Waals surface area contributed by atoms with Crippen LogP contribution in [0.25, 0.3) is 11.0 Å². The highest BCUT2D eigenvalue weighted by Crippen LogP contribution is 2.39. The van der Waals surface area contributed by atoms with Crippen LogP contribution in [0.2, 0.25) is 0 Å². The Hall–Kier alpha value is -0.370. The highest BCUT2D eigenvalue weighted by atomic mass is 35.5. The van der Waals surface area contributed by atoms with Gasteiger partial charge in [0.05, 0.1) is 60.5 Å². The first-order chi connectivity index (χ1) is 13.6. The van der Waals surface area contributed by atoms with Crippen LogP contribution in [0.15, 0.2) is 24.3 Å². The third-order valence-corrected chi connectivity index (χ3v) is 8.11. The van der Waals surface area contributed by atoms with Crippen LogP contribution in [-0.4, -0.2) is 91.1 Å². The zero-order valence-corrected chi connectivity index (χ0v) is 20.7. The van der Waals surface area contributed by atoms with Crippen molar-refractivity contribution in [1.29, 1.82) is 0 Å². The van der Waals surface area contributed by atoms with E-state index in [-0.39, 0.29) is 0 Å². The van der Waals surface area contributed by atoms with Crippen molar-refractivity contribution in [2.24, 2.45) is 0 Å². The Morgan fingerprint density at radius 3 is 1.76 bits per heavy atom. The topological polar surface area (TPSA) is 46.2 Å². The molecule has 1 saturated carbocycles. The van der Waals surface area contributed by atoms with Crippen molar-refractivity contribution in [3.63, 3.8) is 0 Å². The Morgan fingerprint density at radius 2 is 1.34 bits per heavy atom. The first-order valence-electron chi connectivity index (χ1n) is 8.61. The number of fused-ring (bicyclic) bond motifs is 1. The van der Waals surface area contributed by atoms with E-state index in [0.717, 1.165) is 11.0 Å². The molecular weight excluding hydrogens is 503 g/mol. The van der Waals surface area contributed by atoms with Crippen LogP contribution in [-0.2, 0) is 0 Å². The highest BCUT2D eigenvalue weighted by molar-refractivity contribution is 6.45. The third kappa shape index (κ3) is 5.86. The lowest BCUT2D eigenvalue weighted by atomic mass is 9.97. The third-order valence-electron chi connectivity index (χ3n) is 4.08. The molecule has 0 N–H and O–H groups in total. The molecule has 0 radical (unpaired) electrons. The predicted octanol–water partition coefficient (Wildman–Crippen LogP) is 3.69. The van der Waals surface area contributed by atoms with Crippen molar-refractivity contribution >= 4 is 86.7 Å². The van der Waals surface area contributed by atoms with E-state index in [9.17, 15) is 0 Å². The van der Waals surface area contributed by atoms with E-state index in [4.69, 9.17) is 74.4 Å². The molecule has 0 spiro atoms. The molecule has 29 heavy (non-hydrogen) atoms. The lowest BCUT2D eigenvalue weighted by molar-refractivity contribution is -0.480. The second kappa shape index (κ2) is 10.8. The Labute approximate surface area is 200 Å². The van der Waals surface area contributed by atoms with Gasteiger partial charge in [0.15, 0.2) is 0 Å². The number of benzene rings is 1. The Balaban J connectivity index is 0.000000221. The number of amidine groups is 1.